The predicted molar refractivity (Wildman–Crippen MR) is 117 cm³/mol. The molecule has 1 aromatic carbocycles. The Morgan fingerprint density at radius 2 is 1.31 bits per heavy atom. The maximum atomic E-state index is 13.0. The molecule has 36 heavy (non-hydrogen) atoms. The Kier molecular flexibility index (Phi) is 9.91. The van der Waals surface area contributed by atoms with Crippen molar-refractivity contribution in [3.8, 4) is 5.75 Å². The lowest BCUT2D eigenvalue weighted by molar-refractivity contribution is -0.270. The zero-order chi connectivity index (χ0) is 27.0. The van der Waals surface area contributed by atoms with E-state index in [9.17, 15) is 28.8 Å². The molecule has 1 N–H and O–H groups in total. The highest BCUT2D eigenvalue weighted by Crippen LogP contribution is 2.28. The molecule has 0 saturated carbocycles. The maximum Gasteiger partial charge on any atom is 0.308 e. The molecule has 1 aliphatic heterocycles. The van der Waals surface area contributed by atoms with Gasteiger partial charge in [-0.3, -0.25) is 28.8 Å². The first-order valence-corrected chi connectivity index (χ1v) is 10.8. The average molecular weight is 509 g/mol. The van der Waals surface area contributed by atoms with Crippen molar-refractivity contribution in [2.45, 2.75) is 65.3 Å². The summed E-state index contributed by atoms with van der Waals surface area (Å²) < 4.78 is 31.5. The summed E-state index contributed by atoms with van der Waals surface area (Å²) >= 11 is 0. The zero-order valence-corrected chi connectivity index (χ0v) is 20.3. The molecule has 196 valence electrons. The summed E-state index contributed by atoms with van der Waals surface area (Å²) in [5, 5.41) is 2.57. The van der Waals surface area contributed by atoms with Crippen molar-refractivity contribution >= 4 is 35.8 Å². The smallest absolute Gasteiger partial charge is 0.308 e. The molecule has 0 aromatic heterocycles. The van der Waals surface area contributed by atoms with Gasteiger partial charge in [0.25, 0.3) is 5.91 Å². The van der Waals surface area contributed by atoms with E-state index in [1.54, 1.807) is 0 Å². The quantitative estimate of drug-likeness (QED) is 0.292. The molecular formula is C23H27NO12. The molecule has 13 heteroatoms. The molecule has 1 fully saturated rings. The first kappa shape index (κ1) is 28.2. The number of esters is 5. The monoisotopic (exact) mass is 509 g/mol. The van der Waals surface area contributed by atoms with Crippen molar-refractivity contribution in [3.05, 3.63) is 29.8 Å². The molecule has 1 heterocycles. The molecule has 2 rings (SSSR count). The van der Waals surface area contributed by atoms with Gasteiger partial charge in [0.1, 0.15) is 24.5 Å². The summed E-state index contributed by atoms with van der Waals surface area (Å²) in [5.41, 5.74) is 0.111. The van der Waals surface area contributed by atoms with E-state index in [-0.39, 0.29) is 11.3 Å². The Balaban J connectivity index is 2.41. The highest BCUT2D eigenvalue weighted by atomic mass is 16.7. The number of amides is 1. The molecule has 0 unspecified atom stereocenters. The van der Waals surface area contributed by atoms with Gasteiger partial charge < -0.3 is 33.7 Å². The lowest BCUT2D eigenvalue weighted by Crippen LogP contribution is -2.67. The van der Waals surface area contributed by atoms with E-state index >= 15 is 0 Å². The van der Waals surface area contributed by atoms with Crippen LogP contribution in [0.15, 0.2) is 24.3 Å². The zero-order valence-electron chi connectivity index (χ0n) is 20.3. The van der Waals surface area contributed by atoms with Gasteiger partial charge in [-0.05, 0) is 24.3 Å². The van der Waals surface area contributed by atoms with Crippen LogP contribution < -0.4 is 10.1 Å². The summed E-state index contributed by atoms with van der Waals surface area (Å²) in [7, 11) is 0. The number of carbonyl (C=O) groups excluding carboxylic acids is 6. The second-order valence-corrected chi connectivity index (χ2v) is 7.72. The number of nitrogens with one attached hydrogen (secondary N) is 1. The Bertz CT molecular complexity index is 1000. The molecule has 1 aliphatic rings. The summed E-state index contributed by atoms with van der Waals surface area (Å²) in [6, 6.07) is 4.17. The minimum absolute atomic E-state index is 0.111. The SMILES string of the molecule is CC(=O)OC[C@@H]1O[C@H](OC(C)=O)[C@H](NC(=O)c2ccc(OC(C)=O)cc2)[C@H](OC(C)=O)[C@@H]1OC(C)=O. The van der Waals surface area contributed by atoms with Crippen molar-refractivity contribution in [1.82, 2.24) is 5.32 Å². The Morgan fingerprint density at radius 3 is 1.81 bits per heavy atom. The number of carbonyl (C=O) groups is 6. The highest BCUT2D eigenvalue weighted by molar-refractivity contribution is 5.94. The van der Waals surface area contributed by atoms with E-state index in [2.05, 4.69) is 5.32 Å². The topological polar surface area (TPSA) is 170 Å². The number of hydrogen-bond donors (Lipinski definition) is 1. The van der Waals surface area contributed by atoms with Gasteiger partial charge in [-0.15, -0.1) is 0 Å². The molecule has 5 atom stereocenters. The number of benzene rings is 1. The second kappa shape index (κ2) is 12.6. The van der Waals surface area contributed by atoms with E-state index in [4.69, 9.17) is 28.4 Å². The summed E-state index contributed by atoms with van der Waals surface area (Å²) in [6.07, 6.45) is -5.45. The molecule has 0 radical (unpaired) electrons. The van der Waals surface area contributed by atoms with Crippen molar-refractivity contribution in [3.63, 3.8) is 0 Å². The maximum absolute atomic E-state index is 13.0. The van der Waals surface area contributed by atoms with Gasteiger partial charge >= 0.3 is 29.8 Å². The molecule has 0 aliphatic carbocycles. The van der Waals surface area contributed by atoms with Gasteiger partial charge in [0.2, 0.25) is 6.29 Å². The molecule has 0 spiro atoms. The van der Waals surface area contributed by atoms with Crippen LogP contribution in [0.3, 0.4) is 0 Å². The molecule has 1 amide bonds. The molecule has 1 saturated heterocycles. The third-order valence-electron chi connectivity index (χ3n) is 4.66. The third kappa shape index (κ3) is 8.34. The molecule has 1 aromatic rings. The highest BCUT2D eigenvalue weighted by Gasteiger charge is 2.52. The number of hydrogen-bond acceptors (Lipinski definition) is 12. The van der Waals surface area contributed by atoms with E-state index < -0.39 is 73.0 Å². The first-order chi connectivity index (χ1) is 16.9. The third-order valence-corrected chi connectivity index (χ3v) is 4.66. The van der Waals surface area contributed by atoms with Crippen molar-refractivity contribution in [2.75, 3.05) is 6.61 Å². The van der Waals surface area contributed by atoms with Gasteiger partial charge in [0.05, 0.1) is 0 Å². The first-order valence-electron chi connectivity index (χ1n) is 10.8. The minimum atomic E-state index is -1.51. The van der Waals surface area contributed by atoms with E-state index in [1.807, 2.05) is 0 Å². The fraction of sp³-hybridized carbons (Fsp3) is 0.478. The van der Waals surface area contributed by atoms with Crippen molar-refractivity contribution in [2.24, 2.45) is 0 Å². The molecule has 0 bridgehead atoms. The van der Waals surface area contributed by atoms with Gasteiger partial charge in [-0.1, -0.05) is 0 Å². The Morgan fingerprint density at radius 1 is 0.750 bits per heavy atom. The normalized spacial score (nSPS) is 23.0. The van der Waals surface area contributed by atoms with Crippen LogP contribution in [0.2, 0.25) is 0 Å². The van der Waals surface area contributed by atoms with E-state index in [0.717, 1.165) is 27.7 Å². The van der Waals surface area contributed by atoms with Crippen LogP contribution in [0.4, 0.5) is 0 Å². The number of ether oxygens (including phenoxy) is 6. The average Bonchev–Trinajstić information content (AvgIpc) is 2.75. The Labute approximate surface area is 206 Å². The fourth-order valence-electron chi connectivity index (χ4n) is 3.40. The van der Waals surface area contributed by atoms with Crippen LogP contribution in [0.1, 0.15) is 45.0 Å². The second-order valence-electron chi connectivity index (χ2n) is 7.72. The van der Waals surface area contributed by atoms with Crippen LogP contribution in [0.5, 0.6) is 5.75 Å². The molecule has 13 nitrogen and oxygen atoms in total. The van der Waals surface area contributed by atoms with E-state index in [1.165, 1.54) is 31.2 Å². The fourth-order valence-corrected chi connectivity index (χ4v) is 3.40. The van der Waals surface area contributed by atoms with Crippen LogP contribution in [-0.2, 0) is 47.7 Å². The van der Waals surface area contributed by atoms with Gasteiger partial charge in [-0.25, -0.2) is 0 Å². The van der Waals surface area contributed by atoms with Gasteiger partial charge in [0.15, 0.2) is 12.2 Å². The standard InChI is InChI=1S/C23H27NO12/c1-11(25)31-10-18-20(33-13(3)27)21(34-14(4)28)19(23(36-18)35-15(5)29)24-22(30)16-6-8-17(9-7-16)32-12(2)26/h6-9,18-21,23H,10H2,1-5H3,(H,24,30)/t18-,19+,20+,21-,23-/m0/s1. The largest absolute Gasteiger partial charge is 0.463 e. The van der Waals surface area contributed by atoms with Gasteiger partial charge in [-0.2, -0.15) is 0 Å². The molecular weight excluding hydrogens is 482 g/mol. The van der Waals surface area contributed by atoms with E-state index in [0.29, 0.717) is 0 Å². The van der Waals surface area contributed by atoms with Crippen molar-refractivity contribution < 1.29 is 57.2 Å². The van der Waals surface area contributed by atoms with Crippen LogP contribution in [0, 0.1) is 0 Å². The Hall–Kier alpha value is -4.00. The van der Waals surface area contributed by atoms with Crippen molar-refractivity contribution in [1.29, 1.82) is 0 Å². The lowest BCUT2D eigenvalue weighted by Gasteiger charge is -2.44. The van der Waals surface area contributed by atoms with Crippen LogP contribution >= 0.6 is 0 Å². The number of rotatable bonds is 8. The summed E-state index contributed by atoms with van der Waals surface area (Å²) in [6.45, 7) is 5.23. The van der Waals surface area contributed by atoms with Crippen LogP contribution in [0.25, 0.3) is 0 Å². The van der Waals surface area contributed by atoms with Crippen LogP contribution in [-0.4, -0.2) is 73.0 Å². The summed E-state index contributed by atoms with van der Waals surface area (Å²) in [5.74, 6) is -4.06. The predicted octanol–water partition coefficient (Wildman–Crippen LogP) is 0.425. The summed E-state index contributed by atoms with van der Waals surface area (Å²) in [4.78, 5) is 70.9. The van der Waals surface area contributed by atoms with Gasteiger partial charge in [0, 0.05) is 40.2 Å². The minimum Gasteiger partial charge on any atom is -0.463 e. The lowest BCUT2D eigenvalue weighted by atomic mass is 9.95.